The Bertz CT molecular complexity index is 608. The molecule has 0 fully saturated rings. The van der Waals surface area contributed by atoms with Gasteiger partial charge in [-0.3, -0.25) is 4.79 Å². The van der Waals surface area contributed by atoms with E-state index < -0.39 is 0 Å². The molecule has 0 atom stereocenters. The topological polar surface area (TPSA) is 38.3 Å². The SMILES string of the molecule is COc1ccc(C(=O)CNc2cccc(Cl)c2C)cc1. The monoisotopic (exact) mass is 289 g/mol. The van der Waals surface area contributed by atoms with Crippen LogP contribution >= 0.6 is 11.6 Å². The molecule has 4 heteroatoms. The van der Waals surface area contributed by atoms with Crippen LogP contribution in [-0.4, -0.2) is 19.4 Å². The molecule has 0 amide bonds. The van der Waals surface area contributed by atoms with Gasteiger partial charge in [0.05, 0.1) is 13.7 Å². The van der Waals surface area contributed by atoms with Crippen LogP contribution in [0.25, 0.3) is 0 Å². The molecule has 0 radical (unpaired) electrons. The van der Waals surface area contributed by atoms with Crippen molar-refractivity contribution >= 4 is 23.1 Å². The Morgan fingerprint density at radius 1 is 1.20 bits per heavy atom. The number of carbonyl (C=O) groups is 1. The van der Waals surface area contributed by atoms with E-state index >= 15 is 0 Å². The molecule has 0 aliphatic carbocycles. The van der Waals surface area contributed by atoms with Crippen LogP contribution in [0.15, 0.2) is 42.5 Å². The van der Waals surface area contributed by atoms with Crippen LogP contribution in [0.2, 0.25) is 5.02 Å². The van der Waals surface area contributed by atoms with Crippen molar-refractivity contribution in [3.8, 4) is 5.75 Å². The second-order valence-electron chi connectivity index (χ2n) is 4.42. The second kappa shape index (κ2) is 6.44. The fourth-order valence-corrected chi connectivity index (χ4v) is 2.03. The van der Waals surface area contributed by atoms with Crippen LogP contribution in [-0.2, 0) is 0 Å². The van der Waals surface area contributed by atoms with Gasteiger partial charge in [0.25, 0.3) is 0 Å². The molecular weight excluding hydrogens is 274 g/mol. The van der Waals surface area contributed by atoms with Crippen molar-refractivity contribution in [2.24, 2.45) is 0 Å². The summed E-state index contributed by atoms with van der Waals surface area (Å²) in [5.41, 5.74) is 2.47. The number of anilines is 1. The molecule has 0 saturated heterocycles. The number of benzene rings is 2. The quantitative estimate of drug-likeness (QED) is 0.847. The van der Waals surface area contributed by atoms with E-state index in [1.807, 2.05) is 25.1 Å². The predicted molar refractivity (Wildman–Crippen MR) is 82.0 cm³/mol. The fraction of sp³-hybridized carbons (Fsp3) is 0.188. The molecule has 0 saturated carbocycles. The molecule has 0 bridgehead atoms. The number of Topliss-reactive ketones (excluding diaryl/α,β-unsaturated/α-hetero) is 1. The van der Waals surface area contributed by atoms with Crippen molar-refractivity contribution < 1.29 is 9.53 Å². The van der Waals surface area contributed by atoms with Crippen LogP contribution in [0.1, 0.15) is 15.9 Å². The minimum Gasteiger partial charge on any atom is -0.497 e. The summed E-state index contributed by atoms with van der Waals surface area (Å²) >= 11 is 6.04. The van der Waals surface area contributed by atoms with Gasteiger partial charge in [-0.05, 0) is 48.9 Å². The van der Waals surface area contributed by atoms with Gasteiger partial charge in [-0.25, -0.2) is 0 Å². The lowest BCUT2D eigenvalue weighted by molar-refractivity contribution is 0.101. The summed E-state index contributed by atoms with van der Waals surface area (Å²) < 4.78 is 5.07. The maximum Gasteiger partial charge on any atom is 0.181 e. The Balaban J connectivity index is 2.02. The molecule has 3 nitrogen and oxygen atoms in total. The Labute approximate surface area is 123 Å². The fourth-order valence-electron chi connectivity index (χ4n) is 1.85. The lowest BCUT2D eigenvalue weighted by Crippen LogP contribution is -2.14. The van der Waals surface area contributed by atoms with Gasteiger partial charge in [-0.15, -0.1) is 0 Å². The van der Waals surface area contributed by atoms with Gasteiger partial charge in [-0.1, -0.05) is 17.7 Å². The second-order valence-corrected chi connectivity index (χ2v) is 4.82. The van der Waals surface area contributed by atoms with Crippen molar-refractivity contribution in [1.29, 1.82) is 0 Å². The van der Waals surface area contributed by atoms with Crippen molar-refractivity contribution in [1.82, 2.24) is 0 Å². The Kier molecular flexibility index (Phi) is 4.64. The van der Waals surface area contributed by atoms with Crippen LogP contribution < -0.4 is 10.1 Å². The zero-order valence-electron chi connectivity index (χ0n) is 11.4. The molecule has 0 spiro atoms. The molecular formula is C16H16ClNO2. The molecule has 0 aliphatic rings. The molecule has 0 aliphatic heterocycles. The highest BCUT2D eigenvalue weighted by Crippen LogP contribution is 2.22. The third kappa shape index (κ3) is 3.31. The molecule has 104 valence electrons. The van der Waals surface area contributed by atoms with Crippen molar-refractivity contribution in [2.75, 3.05) is 19.0 Å². The van der Waals surface area contributed by atoms with E-state index in [9.17, 15) is 4.79 Å². The third-order valence-electron chi connectivity index (χ3n) is 3.12. The maximum atomic E-state index is 12.1. The average molecular weight is 290 g/mol. The molecule has 20 heavy (non-hydrogen) atoms. The molecule has 0 unspecified atom stereocenters. The Morgan fingerprint density at radius 2 is 1.90 bits per heavy atom. The zero-order chi connectivity index (χ0) is 14.5. The molecule has 2 rings (SSSR count). The third-order valence-corrected chi connectivity index (χ3v) is 3.53. The van der Waals surface area contributed by atoms with Gasteiger partial charge in [0.15, 0.2) is 5.78 Å². The predicted octanol–water partition coefficient (Wildman–Crippen LogP) is 3.95. The number of ketones is 1. The van der Waals surface area contributed by atoms with E-state index in [1.165, 1.54) is 0 Å². The molecule has 2 aromatic carbocycles. The van der Waals surface area contributed by atoms with Crippen LogP contribution in [0.3, 0.4) is 0 Å². The zero-order valence-corrected chi connectivity index (χ0v) is 12.2. The van der Waals surface area contributed by atoms with Crippen molar-refractivity contribution in [3.63, 3.8) is 0 Å². The van der Waals surface area contributed by atoms with Crippen LogP contribution in [0.4, 0.5) is 5.69 Å². The summed E-state index contributed by atoms with van der Waals surface area (Å²) in [6, 6.07) is 12.7. The van der Waals surface area contributed by atoms with E-state index in [1.54, 1.807) is 31.4 Å². The minimum atomic E-state index is 0.0204. The van der Waals surface area contributed by atoms with Gasteiger partial charge in [0.1, 0.15) is 5.75 Å². The van der Waals surface area contributed by atoms with E-state index in [-0.39, 0.29) is 12.3 Å². The largest absolute Gasteiger partial charge is 0.497 e. The first-order valence-electron chi connectivity index (χ1n) is 6.28. The van der Waals surface area contributed by atoms with Gasteiger partial charge in [-0.2, -0.15) is 0 Å². The summed E-state index contributed by atoms with van der Waals surface area (Å²) in [5.74, 6) is 0.757. The first-order chi connectivity index (χ1) is 9.61. The number of hydrogen-bond acceptors (Lipinski definition) is 3. The Hall–Kier alpha value is -2.00. The van der Waals surface area contributed by atoms with E-state index in [0.29, 0.717) is 10.6 Å². The number of halogens is 1. The molecule has 0 aromatic heterocycles. The standard InChI is InChI=1S/C16H16ClNO2/c1-11-14(17)4-3-5-15(11)18-10-16(19)12-6-8-13(20-2)9-7-12/h3-9,18H,10H2,1-2H3. The van der Waals surface area contributed by atoms with Crippen LogP contribution in [0.5, 0.6) is 5.75 Å². The highest BCUT2D eigenvalue weighted by molar-refractivity contribution is 6.31. The summed E-state index contributed by atoms with van der Waals surface area (Å²) in [6.07, 6.45) is 0. The highest BCUT2D eigenvalue weighted by atomic mass is 35.5. The van der Waals surface area contributed by atoms with E-state index in [2.05, 4.69) is 5.32 Å². The molecule has 1 N–H and O–H groups in total. The lowest BCUT2D eigenvalue weighted by Gasteiger charge is -2.10. The number of methoxy groups -OCH3 is 1. The lowest BCUT2D eigenvalue weighted by atomic mass is 10.1. The number of hydrogen-bond donors (Lipinski definition) is 1. The maximum absolute atomic E-state index is 12.1. The van der Waals surface area contributed by atoms with Crippen molar-refractivity contribution in [2.45, 2.75) is 6.92 Å². The molecule has 2 aromatic rings. The minimum absolute atomic E-state index is 0.0204. The summed E-state index contributed by atoms with van der Waals surface area (Å²) in [4.78, 5) is 12.1. The van der Waals surface area contributed by atoms with Crippen LogP contribution in [0, 0.1) is 6.92 Å². The number of nitrogens with one attached hydrogen (secondary N) is 1. The van der Waals surface area contributed by atoms with E-state index in [0.717, 1.165) is 17.0 Å². The number of rotatable bonds is 5. The summed E-state index contributed by atoms with van der Waals surface area (Å²) in [5, 5.41) is 3.80. The first kappa shape index (κ1) is 14.4. The van der Waals surface area contributed by atoms with Gasteiger partial charge in [0.2, 0.25) is 0 Å². The summed E-state index contributed by atoms with van der Waals surface area (Å²) in [6.45, 7) is 2.15. The smallest absolute Gasteiger partial charge is 0.181 e. The summed E-state index contributed by atoms with van der Waals surface area (Å²) in [7, 11) is 1.60. The van der Waals surface area contributed by atoms with Gasteiger partial charge in [0, 0.05) is 16.3 Å². The van der Waals surface area contributed by atoms with E-state index in [4.69, 9.17) is 16.3 Å². The average Bonchev–Trinajstić information content (AvgIpc) is 2.48. The first-order valence-corrected chi connectivity index (χ1v) is 6.66. The highest BCUT2D eigenvalue weighted by Gasteiger charge is 2.07. The number of carbonyl (C=O) groups excluding carboxylic acids is 1. The van der Waals surface area contributed by atoms with Crippen molar-refractivity contribution in [3.05, 3.63) is 58.6 Å². The number of ether oxygens (including phenoxy) is 1. The molecule has 0 heterocycles. The van der Waals surface area contributed by atoms with Gasteiger partial charge < -0.3 is 10.1 Å². The Morgan fingerprint density at radius 3 is 2.55 bits per heavy atom. The normalized spacial score (nSPS) is 10.2. The van der Waals surface area contributed by atoms with Gasteiger partial charge >= 0.3 is 0 Å².